The molecule has 0 aromatic heterocycles. The largest absolute Gasteiger partial charge is 0.504 e. The molecule has 0 spiro atoms. The van der Waals surface area contributed by atoms with E-state index in [2.05, 4.69) is 10.6 Å². The lowest BCUT2D eigenvalue weighted by molar-refractivity contribution is 0.248. The van der Waals surface area contributed by atoms with Gasteiger partial charge < -0.3 is 15.7 Å². The summed E-state index contributed by atoms with van der Waals surface area (Å²) in [6, 6.07) is 2.13. The van der Waals surface area contributed by atoms with Crippen molar-refractivity contribution >= 4 is 33.3 Å². The minimum atomic E-state index is -4.20. The molecule has 1 fully saturated rings. The molecule has 21 heavy (non-hydrogen) atoms. The fraction of sp³-hybridized carbons (Fsp3) is 0.417. The SMILES string of the molecule is NS(=O)(=O)c1c(Cl)ccc(NC(=O)NC2CCCC2)c1O. The van der Waals surface area contributed by atoms with Crippen molar-refractivity contribution in [1.82, 2.24) is 5.32 Å². The summed E-state index contributed by atoms with van der Waals surface area (Å²) in [5.41, 5.74) is -0.0704. The van der Waals surface area contributed by atoms with Gasteiger partial charge in [-0.25, -0.2) is 18.4 Å². The quantitative estimate of drug-likeness (QED) is 0.629. The Morgan fingerprint density at radius 3 is 2.52 bits per heavy atom. The minimum absolute atomic E-state index is 0.0704. The number of carbonyl (C=O) groups is 1. The maximum atomic E-state index is 11.8. The summed E-state index contributed by atoms with van der Waals surface area (Å²) in [4.78, 5) is 11.2. The zero-order valence-electron chi connectivity index (χ0n) is 11.1. The van der Waals surface area contributed by atoms with Crippen molar-refractivity contribution in [3.05, 3.63) is 17.2 Å². The van der Waals surface area contributed by atoms with Crippen molar-refractivity contribution in [3.8, 4) is 5.75 Å². The van der Waals surface area contributed by atoms with Crippen LogP contribution in [0, 0.1) is 0 Å². The molecule has 7 nitrogen and oxygen atoms in total. The molecule has 0 unspecified atom stereocenters. The van der Waals surface area contributed by atoms with Crippen molar-refractivity contribution in [2.24, 2.45) is 5.14 Å². The van der Waals surface area contributed by atoms with Crippen molar-refractivity contribution in [3.63, 3.8) is 0 Å². The van der Waals surface area contributed by atoms with Gasteiger partial charge in [0.2, 0.25) is 10.0 Å². The van der Waals surface area contributed by atoms with Gasteiger partial charge in [-0.15, -0.1) is 0 Å². The highest BCUT2D eigenvalue weighted by Crippen LogP contribution is 2.36. The van der Waals surface area contributed by atoms with Gasteiger partial charge >= 0.3 is 6.03 Å². The van der Waals surface area contributed by atoms with Crippen LogP contribution in [0.25, 0.3) is 0 Å². The Hall–Kier alpha value is -1.51. The number of hydrogen-bond donors (Lipinski definition) is 4. The summed E-state index contributed by atoms with van der Waals surface area (Å²) in [5, 5.41) is 19.9. The molecule has 1 saturated carbocycles. The lowest BCUT2D eigenvalue weighted by Gasteiger charge is -2.15. The van der Waals surface area contributed by atoms with Gasteiger partial charge in [0.15, 0.2) is 5.75 Å². The van der Waals surface area contributed by atoms with E-state index in [9.17, 15) is 18.3 Å². The summed E-state index contributed by atoms with van der Waals surface area (Å²) >= 11 is 5.71. The molecule has 0 bridgehead atoms. The minimum Gasteiger partial charge on any atom is -0.504 e. The molecule has 0 radical (unpaired) electrons. The second-order valence-corrected chi connectivity index (χ2v) is 6.80. The van der Waals surface area contributed by atoms with E-state index in [1.165, 1.54) is 12.1 Å². The monoisotopic (exact) mass is 333 g/mol. The molecule has 2 rings (SSSR count). The number of urea groups is 1. The van der Waals surface area contributed by atoms with Crippen LogP contribution < -0.4 is 15.8 Å². The topological polar surface area (TPSA) is 122 Å². The van der Waals surface area contributed by atoms with Gasteiger partial charge in [-0.1, -0.05) is 24.4 Å². The molecular formula is C12H16ClN3O4S. The molecule has 0 heterocycles. The summed E-state index contributed by atoms with van der Waals surface area (Å²) in [5.74, 6) is -0.674. The van der Waals surface area contributed by atoms with Crippen LogP contribution in [0.15, 0.2) is 17.0 Å². The number of sulfonamides is 1. The molecule has 1 aliphatic rings. The van der Waals surface area contributed by atoms with E-state index in [1.54, 1.807) is 0 Å². The van der Waals surface area contributed by atoms with Crippen molar-refractivity contribution < 1.29 is 18.3 Å². The number of anilines is 1. The normalized spacial score (nSPS) is 15.9. The second-order valence-electron chi connectivity index (χ2n) is 4.90. The first-order valence-electron chi connectivity index (χ1n) is 6.41. The van der Waals surface area contributed by atoms with Crippen molar-refractivity contribution in [1.29, 1.82) is 0 Å². The van der Waals surface area contributed by atoms with E-state index in [0.717, 1.165) is 25.7 Å². The molecule has 1 aliphatic carbocycles. The van der Waals surface area contributed by atoms with Crippen LogP contribution in [-0.2, 0) is 10.0 Å². The summed E-state index contributed by atoms with van der Waals surface area (Å²) in [7, 11) is -4.20. The Kier molecular flexibility index (Phi) is 4.60. The predicted octanol–water partition coefficient (Wildman–Crippen LogP) is 1.76. The number of aromatic hydroxyl groups is 1. The zero-order valence-corrected chi connectivity index (χ0v) is 12.7. The number of nitrogens with one attached hydrogen (secondary N) is 2. The van der Waals surface area contributed by atoms with Gasteiger partial charge in [0.05, 0.1) is 10.7 Å². The Balaban J connectivity index is 2.19. The van der Waals surface area contributed by atoms with Crippen LogP contribution in [0.2, 0.25) is 5.02 Å². The van der Waals surface area contributed by atoms with Crippen LogP contribution in [0.4, 0.5) is 10.5 Å². The summed E-state index contributed by atoms with van der Waals surface area (Å²) in [6.45, 7) is 0. The van der Waals surface area contributed by atoms with Gasteiger partial charge in [0.25, 0.3) is 0 Å². The Morgan fingerprint density at radius 2 is 1.95 bits per heavy atom. The van der Waals surface area contributed by atoms with Gasteiger partial charge in [-0.05, 0) is 25.0 Å². The first-order valence-corrected chi connectivity index (χ1v) is 8.33. The Bertz CT molecular complexity index is 657. The maximum Gasteiger partial charge on any atom is 0.319 e. The number of primary sulfonamides is 1. The second kappa shape index (κ2) is 6.08. The number of nitrogens with two attached hydrogens (primary N) is 1. The number of phenolic OH excluding ortho intramolecular Hbond substituents is 1. The number of phenols is 1. The zero-order chi connectivity index (χ0) is 15.6. The van der Waals surface area contributed by atoms with Crippen molar-refractivity contribution in [2.75, 3.05) is 5.32 Å². The Labute approximate surface area is 127 Å². The molecule has 0 saturated heterocycles. The van der Waals surface area contributed by atoms with Gasteiger partial charge in [0, 0.05) is 6.04 Å². The van der Waals surface area contributed by atoms with Gasteiger partial charge in [-0.2, -0.15) is 0 Å². The molecule has 2 amide bonds. The maximum absolute atomic E-state index is 11.8. The van der Waals surface area contributed by atoms with Crippen LogP contribution in [-0.4, -0.2) is 25.6 Å². The molecular weight excluding hydrogens is 318 g/mol. The highest BCUT2D eigenvalue weighted by molar-refractivity contribution is 7.89. The third-order valence-corrected chi connectivity index (χ3v) is 4.72. The number of rotatable bonds is 3. The van der Waals surface area contributed by atoms with Crippen LogP contribution in [0.3, 0.4) is 0 Å². The van der Waals surface area contributed by atoms with Gasteiger partial charge in [-0.3, -0.25) is 0 Å². The fourth-order valence-electron chi connectivity index (χ4n) is 2.33. The number of hydrogen-bond acceptors (Lipinski definition) is 4. The van der Waals surface area contributed by atoms with E-state index in [0.29, 0.717) is 0 Å². The summed E-state index contributed by atoms with van der Waals surface area (Å²) < 4.78 is 22.8. The lowest BCUT2D eigenvalue weighted by Crippen LogP contribution is -2.36. The third-order valence-electron chi connectivity index (χ3n) is 3.31. The van der Waals surface area contributed by atoms with E-state index in [1.807, 2.05) is 0 Å². The molecule has 0 atom stereocenters. The fourth-order valence-corrected chi connectivity index (χ4v) is 3.53. The summed E-state index contributed by atoms with van der Waals surface area (Å²) in [6.07, 6.45) is 3.93. The van der Waals surface area contributed by atoms with E-state index >= 15 is 0 Å². The third kappa shape index (κ3) is 3.78. The highest BCUT2D eigenvalue weighted by Gasteiger charge is 2.23. The van der Waals surface area contributed by atoms with E-state index in [4.69, 9.17) is 16.7 Å². The molecule has 1 aromatic carbocycles. The number of amides is 2. The number of carbonyl (C=O) groups excluding carboxylic acids is 1. The average molecular weight is 334 g/mol. The molecule has 5 N–H and O–H groups in total. The number of halogens is 1. The highest BCUT2D eigenvalue weighted by atomic mass is 35.5. The number of benzene rings is 1. The standard InChI is InChI=1S/C12H16ClN3O4S/c13-8-5-6-9(10(17)11(8)21(14,19)20)16-12(18)15-7-3-1-2-4-7/h5-7,17H,1-4H2,(H2,14,19,20)(H2,15,16,18). The molecule has 1 aromatic rings. The average Bonchev–Trinajstić information content (AvgIpc) is 2.84. The van der Waals surface area contributed by atoms with Crippen LogP contribution in [0.5, 0.6) is 5.75 Å². The predicted molar refractivity (Wildman–Crippen MR) is 78.9 cm³/mol. The molecule has 9 heteroatoms. The van der Waals surface area contributed by atoms with Gasteiger partial charge in [0.1, 0.15) is 4.90 Å². The van der Waals surface area contributed by atoms with Crippen molar-refractivity contribution in [2.45, 2.75) is 36.6 Å². The van der Waals surface area contributed by atoms with E-state index in [-0.39, 0.29) is 16.8 Å². The molecule has 0 aliphatic heterocycles. The van der Waals surface area contributed by atoms with Crippen LogP contribution in [0.1, 0.15) is 25.7 Å². The Morgan fingerprint density at radius 1 is 1.33 bits per heavy atom. The first-order chi connectivity index (χ1) is 9.79. The smallest absolute Gasteiger partial charge is 0.319 e. The lowest BCUT2D eigenvalue weighted by atomic mass is 10.2. The van der Waals surface area contributed by atoms with Crippen LogP contribution >= 0.6 is 11.6 Å². The first kappa shape index (κ1) is 15.9. The van der Waals surface area contributed by atoms with E-state index < -0.39 is 26.7 Å². The molecule has 116 valence electrons.